The first-order chi connectivity index (χ1) is 9.85. The van der Waals surface area contributed by atoms with Gasteiger partial charge in [0.25, 0.3) is 10.0 Å². The Kier molecular flexibility index (Phi) is 4.30. The van der Waals surface area contributed by atoms with E-state index in [2.05, 4.69) is 20.7 Å². The van der Waals surface area contributed by atoms with E-state index in [-0.39, 0.29) is 10.6 Å². The number of benzene rings is 2. The highest BCUT2D eigenvalue weighted by molar-refractivity contribution is 9.10. The third-order valence-electron chi connectivity index (χ3n) is 2.79. The summed E-state index contributed by atoms with van der Waals surface area (Å²) in [6.45, 7) is 1.58. The first-order valence-corrected chi connectivity index (χ1v) is 8.10. The van der Waals surface area contributed by atoms with Crippen molar-refractivity contribution in [1.29, 1.82) is 5.26 Å². The average Bonchev–Trinajstić information content (AvgIpc) is 2.42. The van der Waals surface area contributed by atoms with E-state index in [9.17, 15) is 12.8 Å². The van der Waals surface area contributed by atoms with Gasteiger partial charge in [0.1, 0.15) is 5.82 Å². The molecule has 2 rings (SSSR count). The van der Waals surface area contributed by atoms with Crippen LogP contribution in [0.4, 0.5) is 10.1 Å². The van der Waals surface area contributed by atoms with Crippen molar-refractivity contribution < 1.29 is 12.8 Å². The van der Waals surface area contributed by atoms with Crippen molar-refractivity contribution in [2.24, 2.45) is 0 Å². The van der Waals surface area contributed by atoms with Gasteiger partial charge in [0.05, 0.1) is 22.2 Å². The monoisotopic (exact) mass is 368 g/mol. The molecule has 0 fully saturated rings. The van der Waals surface area contributed by atoms with Crippen LogP contribution in [0.15, 0.2) is 45.8 Å². The maximum atomic E-state index is 13.7. The van der Waals surface area contributed by atoms with Crippen LogP contribution in [0.3, 0.4) is 0 Å². The molecule has 0 radical (unpaired) electrons. The van der Waals surface area contributed by atoms with Gasteiger partial charge in [0.15, 0.2) is 0 Å². The van der Waals surface area contributed by atoms with Gasteiger partial charge in [0, 0.05) is 4.47 Å². The molecule has 2 aromatic rings. The summed E-state index contributed by atoms with van der Waals surface area (Å²) in [5.41, 5.74) is 0.619. The molecule has 108 valence electrons. The number of hydrogen-bond acceptors (Lipinski definition) is 3. The fraction of sp³-hybridized carbons (Fsp3) is 0.0714. The highest BCUT2D eigenvalue weighted by atomic mass is 79.9. The molecule has 0 spiro atoms. The van der Waals surface area contributed by atoms with Gasteiger partial charge in [-0.05, 0) is 58.7 Å². The van der Waals surface area contributed by atoms with Crippen LogP contribution >= 0.6 is 15.9 Å². The number of nitrogens with one attached hydrogen (secondary N) is 1. The minimum atomic E-state index is -3.94. The smallest absolute Gasteiger partial charge is 0.262 e. The molecule has 0 saturated carbocycles. The van der Waals surface area contributed by atoms with Crippen molar-refractivity contribution in [2.75, 3.05) is 4.72 Å². The quantitative estimate of drug-likeness (QED) is 0.899. The Bertz CT molecular complexity index is 824. The van der Waals surface area contributed by atoms with E-state index < -0.39 is 15.8 Å². The summed E-state index contributed by atoms with van der Waals surface area (Å²) in [6.07, 6.45) is 0. The normalized spacial score (nSPS) is 11.0. The number of anilines is 1. The van der Waals surface area contributed by atoms with Crippen molar-refractivity contribution in [3.8, 4) is 6.07 Å². The van der Waals surface area contributed by atoms with Crippen molar-refractivity contribution in [2.45, 2.75) is 11.8 Å². The number of nitrogens with zero attached hydrogens (tertiary/aromatic N) is 1. The first kappa shape index (κ1) is 15.5. The third-order valence-corrected chi connectivity index (χ3v) is 4.96. The Balaban J connectivity index is 2.47. The van der Waals surface area contributed by atoms with E-state index in [0.29, 0.717) is 15.6 Å². The second-order valence-electron chi connectivity index (χ2n) is 4.29. The number of sulfonamides is 1. The van der Waals surface area contributed by atoms with Gasteiger partial charge in [-0.25, -0.2) is 12.8 Å². The van der Waals surface area contributed by atoms with Crippen LogP contribution in [0.1, 0.15) is 11.1 Å². The predicted molar refractivity (Wildman–Crippen MR) is 80.8 cm³/mol. The lowest BCUT2D eigenvalue weighted by atomic mass is 10.2. The summed E-state index contributed by atoms with van der Waals surface area (Å²) in [5, 5.41) is 8.79. The molecule has 0 amide bonds. The molecule has 2 aromatic carbocycles. The molecule has 21 heavy (non-hydrogen) atoms. The lowest BCUT2D eigenvalue weighted by Gasteiger charge is -2.12. The van der Waals surface area contributed by atoms with Crippen molar-refractivity contribution >= 4 is 31.6 Å². The van der Waals surface area contributed by atoms with Gasteiger partial charge in [-0.3, -0.25) is 4.72 Å². The Morgan fingerprint density at radius 3 is 2.57 bits per heavy atom. The van der Waals surface area contributed by atoms with Crippen LogP contribution in [0, 0.1) is 24.1 Å². The summed E-state index contributed by atoms with van der Waals surface area (Å²) < 4.78 is 40.9. The van der Waals surface area contributed by atoms with Crippen LogP contribution in [0.2, 0.25) is 0 Å². The first-order valence-electron chi connectivity index (χ1n) is 5.83. The average molecular weight is 369 g/mol. The Labute approximate surface area is 130 Å². The number of para-hydroxylation sites is 1. The number of halogens is 2. The summed E-state index contributed by atoms with van der Waals surface area (Å²) in [6, 6.07) is 10.3. The number of rotatable bonds is 3. The van der Waals surface area contributed by atoms with E-state index in [1.807, 2.05) is 6.07 Å². The number of aryl methyl sites for hydroxylation is 1. The van der Waals surface area contributed by atoms with Crippen LogP contribution in [0.5, 0.6) is 0 Å². The molecule has 0 unspecified atom stereocenters. The molecule has 0 bridgehead atoms. The molecule has 0 heterocycles. The highest BCUT2D eigenvalue weighted by Gasteiger charge is 2.20. The van der Waals surface area contributed by atoms with Gasteiger partial charge >= 0.3 is 0 Å². The minimum Gasteiger partial charge on any atom is -0.275 e. The van der Waals surface area contributed by atoms with Gasteiger partial charge in [-0.2, -0.15) is 5.26 Å². The maximum Gasteiger partial charge on any atom is 0.262 e. The topological polar surface area (TPSA) is 70.0 Å². The van der Waals surface area contributed by atoms with Crippen LogP contribution in [0.25, 0.3) is 0 Å². The SMILES string of the molecule is Cc1cc(C#N)ccc1S(=O)(=O)Nc1c(F)cccc1Br. The Hall–Kier alpha value is -1.91. The highest BCUT2D eigenvalue weighted by Crippen LogP contribution is 2.28. The molecular formula is C14H10BrFN2O2S. The standard InChI is InChI=1S/C14H10BrFN2O2S/c1-9-7-10(8-17)5-6-13(9)21(19,20)18-14-11(15)3-2-4-12(14)16/h2-7,18H,1H3. The van der Waals surface area contributed by atoms with Gasteiger partial charge in [-0.1, -0.05) is 6.07 Å². The molecule has 0 aliphatic carbocycles. The second-order valence-corrected chi connectivity index (χ2v) is 6.80. The molecule has 0 saturated heterocycles. The summed E-state index contributed by atoms with van der Waals surface area (Å²) >= 11 is 3.10. The molecule has 0 atom stereocenters. The van der Waals surface area contributed by atoms with Gasteiger partial charge < -0.3 is 0 Å². The molecule has 0 aliphatic heterocycles. The van der Waals surface area contributed by atoms with E-state index in [1.165, 1.54) is 30.3 Å². The van der Waals surface area contributed by atoms with Gasteiger partial charge in [-0.15, -0.1) is 0 Å². The zero-order chi connectivity index (χ0) is 15.6. The Morgan fingerprint density at radius 1 is 1.29 bits per heavy atom. The molecule has 7 heteroatoms. The Morgan fingerprint density at radius 2 is 2.00 bits per heavy atom. The van der Waals surface area contributed by atoms with E-state index in [1.54, 1.807) is 6.92 Å². The van der Waals surface area contributed by atoms with Crippen LogP contribution in [-0.2, 0) is 10.0 Å². The largest absolute Gasteiger partial charge is 0.275 e. The van der Waals surface area contributed by atoms with E-state index in [4.69, 9.17) is 5.26 Å². The fourth-order valence-corrected chi connectivity index (χ4v) is 3.69. The van der Waals surface area contributed by atoms with Crippen molar-refractivity contribution in [1.82, 2.24) is 0 Å². The summed E-state index contributed by atoms with van der Waals surface area (Å²) in [5.74, 6) is -0.681. The predicted octanol–water partition coefficient (Wildman–Crippen LogP) is 3.57. The van der Waals surface area contributed by atoms with E-state index >= 15 is 0 Å². The number of nitriles is 1. The van der Waals surface area contributed by atoms with Crippen molar-refractivity contribution in [3.05, 3.63) is 57.8 Å². The minimum absolute atomic E-state index is 0.00310. The second kappa shape index (κ2) is 5.84. The van der Waals surface area contributed by atoms with Crippen LogP contribution in [-0.4, -0.2) is 8.42 Å². The molecule has 0 aliphatic rings. The van der Waals surface area contributed by atoms with Gasteiger partial charge in [0.2, 0.25) is 0 Å². The molecular weight excluding hydrogens is 359 g/mol. The molecule has 1 N–H and O–H groups in total. The number of hydrogen-bond donors (Lipinski definition) is 1. The zero-order valence-corrected chi connectivity index (χ0v) is 13.3. The maximum absolute atomic E-state index is 13.7. The molecule has 0 aromatic heterocycles. The summed E-state index contributed by atoms with van der Waals surface area (Å²) in [7, 11) is -3.94. The zero-order valence-electron chi connectivity index (χ0n) is 10.9. The summed E-state index contributed by atoms with van der Waals surface area (Å²) in [4.78, 5) is -0.00310. The van der Waals surface area contributed by atoms with E-state index in [0.717, 1.165) is 6.07 Å². The lowest BCUT2D eigenvalue weighted by molar-refractivity contribution is 0.598. The molecule has 4 nitrogen and oxygen atoms in total. The van der Waals surface area contributed by atoms with Crippen LogP contribution < -0.4 is 4.72 Å². The third kappa shape index (κ3) is 3.23. The van der Waals surface area contributed by atoms with Crippen molar-refractivity contribution in [3.63, 3.8) is 0 Å². The lowest BCUT2D eigenvalue weighted by Crippen LogP contribution is -2.15. The fourth-order valence-electron chi connectivity index (χ4n) is 1.81.